The summed E-state index contributed by atoms with van der Waals surface area (Å²) in [6, 6.07) is 0.455. The summed E-state index contributed by atoms with van der Waals surface area (Å²) in [5, 5.41) is 2.98. The maximum Gasteiger partial charge on any atom is 0.220 e. The maximum absolute atomic E-state index is 11.5. The fourth-order valence-corrected chi connectivity index (χ4v) is 2.46. The van der Waals surface area contributed by atoms with Gasteiger partial charge in [0, 0.05) is 32.1 Å². The van der Waals surface area contributed by atoms with E-state index in [1.807, 2.05) is 0 Å². The van der Waals surface area contributed by atoms with Crippen molar-refractivity contribution >= 4 is 11.9 Å². The number of carbonyl (C=O) groups excluding carboxylic acids is 1. The molecule has 0 aromatic carbocycles. The Kier molecular flexibility index (Phi) is 5.05. The van der Waals surface area contributed by atoms with Gasteiger partial charge in [-0.05, 0) is 38.0 Å². The van der Waals surface area contributed by atoms with Crippen molar-refractivity contribution in [2.45, 2.75) is 51.5 Å². The number of likely N-dealkylation sites (tertiary alicyclic amines) is 1. The number of hydrogen-bond donors (Lipinski definition) is 2. The van der Waals surface area contributed by atoms with Crippen LogP contribution in [0.15, 0.2) is 4.99 Å². The second-order valence-electron chi connectivity index (χ2n) is 5.88. The largest absolute Gasteiger partial charge is 0.370 e. The monoisotopic (exact) mass is 266 g/mol. The van der Waals surface area contributed by atoms with Crippen LogP contribution in [-0.4, -0.2) is 42.4 Å². The first kappa shape index (κ1) is 14.2. The van der Waals surface area contributed by atoms with E-state index in [0.29, 0.717) is 30.9 Å². The minimum atomic E-state index is 0.155. The smallest absolute Gasteiger partial charge is 0.220 e. The van der Waals surface area contributed by atoms with Crippen LogP contribution >= 0.6 is 0 Å². The Bertz CT molecular complexity index is 338. The third-order valence-electron chi connectivity index (χ3n) is 3.76. The van der Waals surface area contributed by atoms with Crippen LogP contribution in [-0.2, 0) is 4.79 Å². The minimum Gasteiger partial charge on any atom is -0.370 e. The average Bonchev–Trinajstić information content (AvgIpc) is 3.18. The van der Waals surface area contributed by atoms with E-state index in [1.54, 1.807) is 0 Å². The fourth-order valence-electron chi connectivity index (χ4n) is 2.46. The molecule has 1 aliphatic heterocycles. The zero-order chi connectivity index (χ0) is 13.7. The lowest BCUT2D eigenvalue weighted by molar-refractivity contribution is -0.121. The summed E-state index contributed by atoms with van der Waals surface area (Å²) < 4.78 is 0. The minimum absolute atomic E-state index is 0.155. The highest BCUT2D eigenvalue weighted by molar-refractivity contribution is 5.78. The molecular formula is C14H26N4O. The molecule has 1 atom stereocenters. The van der Waals surface area contributed by atoms with Crippen molar-refractivity contribution in [1.82, 2.24) is 10.2 Å². The van der Waals surface area contributed by atoms with Gasteiger partial charge in [-0.1, -0.05) is 6.92 Å². The molecule has 2 rings (SSSR count). The van der Waals surface area contributed by atoms with E-state index in [4.69, 9.17) is 5.73 Å². The zero-order valence-corrected chi connectivity index (χ0v) is 11.9. The molecule has 0 aromatic heterocycles. The lowest BCUT2D eigenvalue weighted by Crippen LogP contribution is -2.43. The van der Waals surface area contributed by atoms with Gasteiger partial charge >= 0.3 is 0 Å². The Balaban J connectivity index is 1.61. The molecule has 2 aliphatic rings. The summed E-state index contributed by atoms with van der Waals surface area (Å²) in [5.41, 5.74) is 5.99. The van der Waals surface area contributed by atoms with E-state index in [1.165, 1.54) is 12.8 Å². The molecule has 2 fully saturated rings. The van der Waals surface area contributed by atoms with E-state index in [-0.39, 0.29) is 5.91 Å². The topological polar surface area (TPSA) is 70.7 Å². The van der Waals surface area contributed by atoms with Crippen molar-refractivity contribution in [2.24, 2.45) is 16.6 Å². The Morgan fingerprint density at radius 1 is 1.42 bits per heavy atom. The van der Waals surface area contributed by atoms with Gasteiger partial charge in [-0.3, -0.25) is 9.79 Å². The summed E-state index contributed by atoms with van der Waals surface area (Å²) >= 11 is 0. The van der Waals surface area contributed by atoms with Crippen LogP contribution in [0.2, 0.25) is 0 Å². The first-order chi connectivity index (χ1) is 9.15. The molecule has 5 heteroatoms. The Morgan fingerprint density at radius 2 is 2.21 bits per heavy atom. The van der Waals surface area contributed by atoms with E-state index in [9.17, 15) is 4.79 Å². The molecule has 1 saturated heterocycles. The molecule has 1 aliphatic carbocycles. The maximum atomic E-state index is 11.5. The number of aliphatic imine (C=N–C) groups is 1. The van der Waals surface area contributed by atoms with Crippen molar-refractivity contribution in [3.63, 3.8) is 0 Å². The summed E-state index contributed by atoms with van der Waals surface area (Å²) in [5.74, 6) is 1.50. The molecule has 5 nitrogen and oxygen atoms in total. The molecule has 0 bridgehead atoms. The number of amides is 1. The number of nitrogens with one attached hydrogen (secondary N) is 1. The summed E-state index contributed by atoms with van der Waals surface area (Å²) in [4.78, 5) is 18.0. The molecular weight excluding hydrogens is 240 g/mol. The lowest BCUT2D eigenvalue weighted by Gasteiger charge is -2.31. The predicted octanol–water partition coefficient (Wildman–Crippen LogP) is 1.09. The predicted molar refractivity (Wildman–Crippen MR) is 76.9 cm³/mol. The van der Waals surface area contributed by atoms with Crippen LogP contribution in [0.5, 0.6) is 0 Å². The zero-order valence-electron chi connectivity index (χ0n) is 11.9. The molecule has 1 heterocycles. The van der Waals surface area contributed by atoms with Crippen LogP contribution in [0.1, 0.15) is 45.4 Å². The summed E-state index contributed by atoms with van der Waals surface area (Å²) in [6.45, 7) is 4.93. The van der Waals surface area contributed by atoms with Gasteiger partial charge in [-0.25, -0.2) is 0 Å². The van der Waals surface area contributed by atoms with Crippen LogP contribution in [0.4, 0.5) is 0 Å². The standard InChI is InChI=1S/C14H26N4O/c1-11-4-3-9-18(10-11)14(15)16-8-2-5-13(19)17-12-6-7-12/h11-12H,2-10H2,1H3,(H2,15,16)(H,17,19). The highest BCUT2D eigenvalue weighted by Crippen LogP contribution is 2.18. The number of guanidine groups is 1. The van der Waals surface area contributed by atoms with Gasteiger partial charge in [0.1, 0.15) is 0 Å². The highest BCUT2D eigenvalue weighted by atomic mass is 16.1. The Morgan fingerprint density at radius 3 is 2.89 bits per heavy atom. The van der Waals surface area contributed by atoms with Crippen molar-refractivity contribution in [3.8, 4) is 0 Å². The van der Waals surface area contributed by atoms with Crippen LogP contribution < -0.4 is 11.1 Å². The van der Waals surface area contributed by atoms with Crippen molar-refractivity contribution < 1.29 is 4.79 Å². The van der Waals surface area contributed by atoms with Gasteiger partial charge in [-0.2, -0.15) is 0 Å². The van der Waals surface area contributed by atoms with E-state index >= 15 is 0 Å². The number of nitrogens with zero attached hydrogens (tertiary/aromatic N) is 2. The fraction of sp³-hybridized carbons (Fsp3) is 0.857. The summed E-state index contributed by atoms with van der Waals surface area (Å²) in [6.07, 6.45) is 6.10. The Hall–Kier alpha value is -1.26. The van der Waals surface area contributed by atoms with Crippen LogP contribution in [0, 0.1) is 5.92 Å². The van der Waals surface area contributed by atoms with Crippen molar-refractivity contribution in [2.75, 3.05) is 19.6 Å². The number of nitrogens with two attached hydrogens (primary N) is 1. The number of piperidine rings is 1. The first-order valence-electron chi connectivity index (χ1n) is 7.49. The first-order valence-corrected chi connectivity index (χ1v) is 7.49. The number of hydrogen-bond acceptors (Lipinski definition) is 2. The molecule has 0 spiro atoms. The molecule has 0 aromatic rings. The van der Waals surface area contributed by atoms with Crippen molar-refractivity contribution in [3.05, 3.63) is 0 Å². The van der Waals surface area contributed by atoms with E-state index in [2.05, 4.69) is 22.1 Å². The summed E-state index contributed by atoms with van der Waals surface area (Å²) in [7, 11) is 0. The average molecular weight is 266 g/mol. The molecule has 1 saturated carbocycles. The normalized spacial score (nSPS) is 24.4. The SMILES string of the molecule is CC1CCCN(C(N)=NCCCC(=O)NC2CC2)C1. The molecule has 19 heavy (non-hydrogen) atoms. The molecule has 1 unspecified atom stereocenters. The third-order valence-corrected chi connectivity index (χ3v) is 3.76. The second-order valence-corrected chi connectivity index (χ2v) is 5.88. The van der Waals surface area contributed by atoms with Gasteiger partial charge in [-0.15, -0.1) is 0 Å². The molecule has 0 radical (unpaired) electrons. The van der Waals surface area contributed by atoms with Gasteiger partial charge < -0.3 is 16.0 Å². The van der Waals surface area contributed by atoms with E-state index in [0.717, 1.165) is 32.4 Å². The van der Waals surface area contributed by atoms with Crippen LogP contribution in [0.3, 0.4) is 0 Å². The lowest BCUT2D eigenvalue weighted by atomic mass is 10.0. The number of carbonyl (C=O) groups is 1. The Labute approximate surface area is 115 Å². The quantitative estimate of drug-likeness (QED) is 0.444. The second kappa shape index (κ2) is 6.78. The van der Waals surface area contributed by atoms with Gasteiger partial charge in [0.2, 0.25) is 5.91 Å². The van der Waals surface area contributed by atoms with E-state index < -0.39 is 0 Å². The molecule has 108 valence electrons. The highest BCUT2D eigenvalue weighted by Gasteiger charge is 2.22. The number of rotatable bonds is 5. The van der Waals surface area contributed by atoms with Gasteiger partial charge in [0.25, 0.3) is 0 Å². The van der Waals surface area contributed by atoms with Crippen molar-refractivity contribution in [1.29, 1.82) is 0 Å². The van der Waals surface area contributed by atoms with Gasteiger partial charge in [0.05, 0.1) is 0 Å². The molecule has 1 amide bonds. The third kappa shape index (κ3) is 5.09. The van der Waals surface area contributed by atoms with Crippen LogP contribution in [0.25, 0.3) is 0 Å². The molecule has 3 N–H and O–H groups in total. The van der Waals surface area contributed by atoms with Gasteiger partial charge in [0.15, 0.2) is 5.96 Å².